The van der Waals surface area contributed by atoms with Crippen molar-refractivity contribution in [3.8, 4) is 0 Å². The van der Waals surface area contributed by atoms with Crippen molar-refractivity contribution in [2.75, 3.05) is 13.1 Å². The van der Waals surface area contributed by atoms with Gasteiger partial charge in [0, 0.05) is 19.6 Å². The predicted octanol–water partition coefficient (Wildman–Crippen LogP) is 6.25. The fourth-order valence-corrected chi connectivity index (χ4v) is 5.05. The van der Waals surface area contributed by atoms with Crippen molar-refractivity contribution in [2.24, 2.45) is 0 Å². The molecular formula is C31H30N2O. The Morgan fingerprint density at radius 1 is 0.647 bits per heavy atom. The summed E-state index contributed by atoms with van der Waals surface area (Å²) < 4.78 is 0. The number of rotatable bonds is 6. The standard InChI is InChI=1S/C31H30N2O/c34-31-30(28-20-11-4-12-21-28)32(24-25-14-5-1-6-15-25)22-13-23-33(31)29(26-16-7-2-8-17-26)27-18-9-3-10-19-27/h1-12,14-21,29-30H,13,22-24H2. The second-order valence-corrected chi connectivity index (χ2v) is 8.88. The van der Waals surface area contributed by atoms with E-state index < -0.39 is 0 Å². The first-order valence-electron chi connectivity index (χ1n) is 12.0. The molecule has 4 aromatic rings. The smallest absolute Gasteiger partial charge is 0.245 e. The molecule has 3 heteroatoms. The summed E-state index contributed by atoms with van der Waals surface area (Å²) in [6.07, 6.45) is 0.929. The Labute approximate surface area is 202 Å². The van der Waals surface area contributed by atoms with Crippen molar-refractivity contribution in [2.45, 2.75) is 25.0 Å². The van der Waals surface area contributed by atoms with Crippen molar-refractivity contribution in [3.63, 3.8) is 0 Å². The molecule has 0 bridgehead atoms. The van der Waals surface area contributed by atoms with E-state index in [9.17, 15) is 4.79 Å². The summed E-state index contributed by atoms with van der Waals surface area (Å²) in [5.41, 5.74) is 4.57. The molecule has 0 radical (unpaired) electrons. The van der Waals surface area contributed by atoms with Crippen LogP contribution in [0.25, 0.3) is 0 Å². The van der Waals surface area contributed by atoms with Crippen LogP contribution in [-0.4, -0.2) is 28.8 Å². The quantitative estimate of drug-likeness (QED) is 0.349. The van der Waals surface area contributed by atoms with E-state index in [-0.39, 0.29) is 18.0 Å². The first kappa shape index (κ1) is 22.1. The molecule has 5 rings (SSSR count). The summed E-state index contributed by atoms with van der Waals surface area (Å²) in [6.45, 7) is 2.34. The van der Waals surface area contributed by atoms with E-state index in [0.717, 1.165) is 42.7 Å². The summed E-state index contributed by atoms with van der Waals surface area (Å²) in [5, 5.41) is 0. The molecule has 0 saturated carbocycles. The maximum atomic E-state index is 14.4. The zero-order valence-electron chi connectivity index (χ0n) is 19.3. The van der Waals surface area contributed by atoms with Gasteiger partial charge in [0.2, 0.25) is 5.91 Å². The van der Waals surface area contributed by atoms with E-state index in [1.807, 2.05) is 36.4 Å². The molecule has 1 aliphatic rings. The SMILES string of the molecule is O=C1C(c2ccccc2)N(Cc2ccccc2)CCCN1C(c1ccccc1)c1ccccc1. The van der Waals surface area contributed by atoms with Crippen LogP contribution >= 0.6 is 0 Å². The molecular weight excluding hydrogens is 416 g/mol. The number of hydrogen-bond acceptors (Lipinski definition) is 2. The number of benzene rings is 4. The third kappa shape index (κ3) is 4.80. The van der Waals surface area contributed by atoms with Crippen LogP contribution in [0.4, 0.5) is 0 Å². The summed E-state index contributed by atoms with van der Waals surface area (Å²) >= 11 is 0. The van der Waals surface area contributed by atoms with Crippen LogP contribution in [0.5, 0.6) is 0 Å². The normalized spacial score (nSPS) is 17.0. The monoisotopic (exact) mass is 446 g/mol. The van der Waals surface area contributed by atoms with Crippen molar-refractivity contribution in [1.82, 2.24) is 9.80 Å². The minimum atomic E-state index is -0.321. The average molecular weight is 447 g/mol. The lowest BCUT2D eigenvalue weighted by Crippen LogP contribution is -2.41. The maximum absolute atomic E-state index is 14.4. The van der Waals surface area contributed by atoms with Crippen LogP contribution in [0, 0.1) is 0 Å². The molecule has 3 nitrogen and oxygen atoms in total. The van der Waals surface area contributed by atoms with E-state index >= 15 is 0 Å². The van der Waals surface area contributed by atoms with Gasteiger partial charge in [-0.2, -0.15) is 0 Å². The van der Waals surface area contributed by atoms with Gasteiger partial charge in [-0.1, -0.05) is 121 Å². The Kier molecular flexibility index (Phi) is 6.83. The van der Waals surface area contributed by atoms with Crippen LogP contribution in [0.2, 0.25) is 0 Å². The van der Waals surface area contributed by atoms with E-state index in [1.54, 1.807) is 0 Å². The second kappa shape index (κ2) is 10.5. The van der Waals surface area contributed by atoms with Crippen LogP contribution < -0.4 is 0 Å². The lowest BCUT2D eigenvalue weighted by Gasteiger charge is -2.35. The number of carbonyl (C=O) groups excluding carboxylic acids is 1. The van der Waals surface area contributed by atoms with E-state index in [2.05, 4.69) is 94.7 Å². The van der Waals surface area contributed by atoms with Gasteiger partial charge in [-0.15, -0.1) is 0 Å². The molecule has 1 unspecified atom stereocenters. The molecule has 0 spiro atoms. The Morgan fingerprint density at radius 2 is 1.15 bits per heavy atom. The Hall–Kier alpha value is -3.69. The highest BCUT2D eigenvalue weighted by atomic mass is 16.2. The highest BCUT2D eigenvalue weighted by Crippen LogP contribution is 2.35. The minimum Gasteiger partial charge on any atom is -0.330 e. The second-order valence-electron chi connectivity index (χ2n) is 8.88. The Morgan fingerprint density at radius 3 is 1.71 bits per heavy atom. The van der Waals surface area contributed by atoms with Crippen LogP contribution in [0.3, 0.4) is 0 Å². The maximum Gasteiger partial charge on any atom is 0.245 e. The topological polar surface area (TPSA) is 23.6 Å². The van der Waals surface area contributed by atoms with Crippen LogP contribution in [0.15, 0.2) is 121 Å². The number of hydrogen-bond donors (Lipinski definition) is 0. The molecule has 34 heavy (non-hydrogen) atoms. The fraction of sp³-hybridized carbons (Fsp3) is 0.194. The molecule has 170 valence electrons. The molecule has 0 aliphatic carbocycles. The summed E-state index contributed by atoms with van der Waals surface area (Å²) in [4.78, 5) is 18.9. The fourth-order valence-electron chi connectivity index (χ4n) is 5.05. The molecule has 1 atom stereocenters. The molecule has 1 fully saturated rings. The van der Waals surface area contributed by atoms with E-state index in [4.69, 9.17) is 0 Å². The zero-order chi connectivity index (χ0) is 23.2. The summed E-state index contributed by atoms with van der Waals surface area (Å²) in [7, 11) is 0. The zero-order valence-corrected chi connectivity index (χ0v) is 19.3. The molecule has 0 N–H and O–H groups in total. The average Bonchev–Trinajstić information content (AvgIpc) is 3.05. The lowest BCUT2D eigenvalue weighted by atomic mass is 9.95. The van der Waals surface area contributed by atoms with E-state index in [1.165, 1.54) is 5.56 Å². The van der Waals surface area contributed by atoms with Crippen LogP contribution in [0.1, 0.15) is 40.8 Å². The van der Waals surface area contributed by atoms with Gasteiger partial charge < -0.3 is 4.90 Å². The molecule has 0 aromatic heterocycles. The number of nitrogens with zero attached hydrogens (tertiary/aromatic N) is 2. The minimum absolute atomic E-state index is 0.113. The van der Waals surface area contributed by atoms with Crippen LogP contribution in [-0.2, 0) is 11.3 Å². The first-order chi connectivity index (χ1) is 16.8. The molecule has 1 saturated heterocycles. The van der Waals surface area contributed by atoms with Gasteiger partial charge in [0.05, 0.1) is 6.04 Å². The molecule has 1 heterocycles. The van der Waals surface area contributed by atoms with Crippen molar-refractivity contribution < 1.29 is 4.79 Å². The Bertz CT molecular complexity index is 1140. The van der Waals surface area contributed by atoms with Gasteiger partial charge in [0.15, 0.2) is 0 Å². The van der Waals surface area contributed by atoms with Crippen molar-refractivity contribution in [3.05, 3.63) is 144 Å². The van der Waals surface area contributed by atoms with Gasteiger partial charge in [0.1, 0.15) is 6.04 Å². The molecule has 4 aromatic carbocycles. The van der Waals surface area contributed by atoms with Gasteiger partial charge >= 0.3 is 0 Å². The number of carbonyl (C=O) groups is 1. The van der Waals surface area contributed by atoms with Gasteiger partial charge in [0.25, 0.3) is 0 Å². The lowest BCUT2D eigenvalue weighted by molar-refractivity contribution is -0.137. The van der Waals surface area contributed by atoms with E-state index in [0.29, 0.717) is 0 Å². The number of amides is 1. The Balaban J connectivity index is 1.56. The largest absolute Gasteiger partial charge is 0.330 e. The predicted molar refractivity (Wildman–Crippen MR) is 137 cm³/mol. The molecule has 1 amide bonds. The third-order valence-corrected chi connectivity index (χ3v) is 6.61. The van der Waals surface area contributed by atoms with Crippen molar-refractivity contribution in [1.29, 1.82) is 0 Å². The highest BCUT2D eigenvalue weighted by molar-refractivity contribution is 5.84. The van der Waals surface area contributed by atoms with Gasteiger partial charge in [-0.25, -0.2) is 0 Å². The molecule has 1 aliphatic heterocycles. The highest BCUT2D eigenvalue weighted by Gasteiger charge is 2.37. The third-order valence-electron chi connectivity index (χ3n) is 6.61. The summed E-state index contributed by atoms with van der Waals surface area (Å²) in [5.74, 6) is 0.164. The van der Waals surface area contributed by atoms with Gasteiger partial charge in [-0.3, -0.25) is 9.69 Å². The van der Waals surface area contributed by atoms with Gasteiger partial charge in [-0.05, 0) is 28.7 Å². The first-order valence-corrected chi connectivity index (χ1v) is 12.0. The summed E-state index contributed by atoms with van der Waals surface area (Å²) in [6, 6.07) is 41.1. The van der Waals surface area contributed by atoms with Crippen molar-refractivity contribution >= 4 is 5.91 Å².